The van der Waals surface area contributed by atoms with Crippen molar-refractivity contribution in [3.8, 4) is 5.75 Å². The highest BCUT2D eigenvalue weighted by molar-refractivity contribution is 5.37. The predicted molar refractivity (Wildman–Crippen MR) is 64.7 cm³/mol. The Hall–Kier alpha value is -1.81. The number of aromatic nitrogens is 2. The van der Waals surface area contributed by atoms with Crippen LogP contribution in [0.2, 0.25) is 0 Å². The fraction of sp³-hybridized carbons (Fsp3) is 0.308. The lowest BCUT2D eigenvalue weighted by molar-refractivity contribution is 0.209. The molecule has 0 saturated heterocycles. The van der Waals surface area contributed by atoms with Crippen LogP contribution >= 0.6 is 0 Å². The summed E-state index contributed by atoms with van der Waals surface area (Å²) in [6.45, 7) is 1.31. The van der Waals surface area contributed by atoms with Crippen LogP contribution in [0.4, 0.5) is 0 Å². The van der Waals surface area contributed by atoms with Crippen LogP contribution < -0.4 is 10.5 Å². The Bertz CT molecular complexity index is 496. The van der Waals surface area contributed by atoms with Gasteiger partial charge in [-0.25, -0.2) is 4.98 Å². The number of imidazole rings is 1. The van der Waals surface area contributed by atoms with Crippen LogP contribution in [-0.2, 0) is 19.5 Å². The van der Waals surface area contributed by atoms with Gasteiger partial charge in [-0.05, 0) is 11.6 Å². The van der Waals surface area contributed by atoms with Crippen molar-refractivity contribution in [2.75, 3.05) is 0 Å². The molecule has 1 aliphatic heterocycles. The molecule has 2 heterocycles. The number of benzene rings is 1. The first-order valence-corrected chi connectivity index (χ1v) is 5.80. The van der Waals surface area contributed by atoms with E-state index in [4.69, 9.17) is 10.5 Å². The molecule has 4 nitrogen and oxygen atoms in total. The lowest BCUT2D eigenvalue weighted by Gasteiger charge is -2.10. The molecule has 0 bridgehead atoms. The third kappa shape index (κ3) is 2.03. The maximum atomic E-state index is 5.87. The van der Waals surface area contributed by atoms with Gasteiger partial charge in [-0.2, -0.15) is 0 Å². The number of nitrogens with zero attached hydrogens (tertiary/aromatic N) is 2. The number of hydrogen-bond acceptors (Lipinski definition) is 3. The highest BCUT2D eigenvalue weighted by Gasteiger charge is 2.22. The molecule has 0 spiro atoms. The number of hydrogen-bond donors (Lipinski definition) is 1. The van der Waals surface area contributed by atoms with Crippen LogP contribution in [0, 0.1) is 0 Å². The van der Waals surface area contributed by atoms with Crippen molar-refractivity contribution < 1.29 is 4.74 Å². The topological polar surface area (TPSA) is 53.1 Å². The molecule has 2 aromatic rings. The van der Waals surface area contributed by atoms with Crippen LogP contribution in [0.15, 0.2) is 36.8 Å². The van der Waals surface area contributed by atoms with Gasteiger partial charge in [0.1, 0.15) is 11.9 Å². The number of ether oxygens (including phenoxy) is 1. The first-order chi connectivity index (χ1) is 8.35. The van der Waals surface area contributed by atoms with Crippen molar-refractivity contribution in [1.29, 1.82) is 0 Å². The summed E-state index contributed by atoms with van der Waals surface area (Å²) >= 11 is 0. The van der Waals surface area contributed by atoms with Gasteiger partial charge >= 0.3 is 0 Å². The summed E-state index contributed by atoms with van der Waals surface area (Å²) in [4.78, 5) is 4.21. The first-order valence-electron chi connectivity index (χ1n) is 5.80. The van der Waals surface area contributed by atoms with E-state index >= 15 is 0 Å². The monoisotopic (exact) mass is 229 g/mol. The van der Waals surface area contributed by atoms with E-state index in [0.29, 0.717) is 6.54 Å². The fourth-order valence-electron chi connectivity index (χ4n) is 2.20. The van der Waals surface area contributed by atoms with E-state index in [0.717, 1.165) is 24.4 Å². The van der Waals surface area contributed by atoms with Crippen molar-refractivity contribution in [2.45, 2.75) is 25.6 Å². The Balaban J connectivity index is 1.69. The smallest absolute Gasteiger partial charge is 0.123 e. The SMILES string of the molecule is NCc1cn(CC2Cc3ccccc3O2)cn1. The summed E-state index contributed by atoms with van der Waals surface area (Å²) in [5.74, 6) is 1.01. The van der Waals surface area contributed by atoms with Crippen LogP contribution in [0.5, 0.6) is 5.75 Å². The average molecular weight is 229 g/mol. The minimum Gasteiger partial charge on any atom is -0.488 e. The van der Waals surface area contributed by atoms with Crippen molar-refractivity contribution in [1.82, 2.24) is 9.55 Å². The molecule has 1 unspecified atom stereocenters. The summed E-state index contributed by atoms with van der Waals surface area (Å²) in [5.41, 5.74) is 7.74. The second kappa shape index (κ2) is 4.22. The fourth-order valence-corrected chi connectivity index (χ4v) is 2.20. The van der Waals surface area contributed by atoms with E-state index in [1.807, 2.05) is 35.3 Å². The van der Waals surface area contributed by atoms with Gasteiger partial charge in [0.25, 0.3) is 0 Å². The van der Waals surface area contributed by atoms with Gasteiger partial charge in [0.15, 0.2) is 0 Å². The molecule has 0 fully saturated rings. The largest absolute Gasteiger partial charge is 0.488 e. The summed E-state index contributed by atoms with van der Waals surface area (Å²) in [6.07, 6.45) is 4.96. The van der Waals surface area contributed by atoms with Crippen molar-refractivity contribution in [2.24, 2.45) is 5.73 Å². The van der Waals surface area contributed by atoms with Gasteiger partial charge in [0.05, 0.1) is 18.6 Å². The zero-order valence-electron chi connectivity index (χ0n) is 9.54. The first kappa shape index (κ1) is 10.4. The van der Waals surface area contributed by atoms with Gasteiger partial charge in [0, 0.05) is 19.2 Å². The third-order valence-electron chi connectivity index (χ3n) is 3.02. The zero-order chi connectivity index (χ0) is 11.7. The van der Waals surface area contributed by atoms with Crippen LogP contribution in [0.25, 0.3) is 0 Å². The van der Waals surface area contributed by atoms with Crippen LogP contribution in [-0.4, -0.2) is 15.7 Å². The molecule has 3 rings (SSSR count). The Labute approximate surface area is 100 Å². The molecule has 1 aromatic heterocycles. The van der Waals surface area contributed by atoms with E-state index in [-0.39, 0.29) is 6.10 Å². The molecule has 1 atom stereocenters. The predicted octanol–water partition coefficient (Wildman–Crippen LogP) is 1.35. The number of nitrogens with two attached hydrogens (primary N) is 1. The molecule has 0 amide bonds. The van der Waals surface area contributed by atoms with Crippen molar-refractivity contribution >= 4 is 0 Å². The van der Waals surface area contributed by atoms with Gasteiger partial charge in [-0.1, -0.05) is 18.2 Å². The minimum atomic E-state index is 0.201. The van der Waals surface area contributed by atoms with Gasteiger partial charge in [-0.3, -0.25) is 0 Å². The molecule has 0 saturated carbocycles. The molecule has 1 aliphatic rings. The highest BCUT2D eigenvalue weighted by atomic mass is 16.5. The van der Waals surface area contributed by atoms with E-state index in [1.165, 1.54) is 5.56 Å². The van der Waals surface area contributed by atoms with Crippen LogP contribution in [0.3, 0.4) is 0 Å². The molecule has 4 heteroatoms. The van der Waals surface area contributed by atoms with E-state index in [9.17, 15) is 0 Å². The number of para-hydroxylation sites is 1. The zero-order valence-corrected chi connectivity index (χ0v) is 9.54. The molecule has 0 aliphatic carbocycles. The molecule has 88 valence electrons. The molecule has 0 radical (unpaired) electrons. The molecule has 17 heavy (non-hydrogen) atoms. The van der Waals surface area contributed by atoms with Gasteiger partial charge in [0.2, 0.25) is 0 Å². The molecule has 1 aromatic carbocycles. The maximum Gasteiger partial charge on any atom is 0.123 e. The second-order valence-electron chi connectivity index (χ2n) is 4.32. The molecular weight excluding hydrogens is 214 g/mol. The lowest BCUT2D eigenvalue weighted by Crippen LogP contribution is -2.19. The Morgan fingerprint density at radius 2 is 2.29 bits per heavy atom. The molecular formula is C13H15N3O. The number of rotatable bonds is 3. The quantitative estimate of drug-likeness (QED) is 0.864. The Morgan fingerprint density at radius 1 is 1.41 bits per heavy atom. The highest BCUT2D eigenvalue weighted by Crippen LogP contribution is 2.28. The summed E-state index contributed by atoms with van der Waals surface area (Å²) in [6, 6.07) is 8.20. The third-order valence-corrected chi connectivity index (χ3v) is 3.02. The summed E-state index contributed by atoms with van der Waals surface area (Å²) < 4.78 is 7.91. The van der Waals surface area contributed by atoms with E-state index in [2.05, 4.69) is 11.1 Å². The number of fused-ring (bicyclic) bond motifs is 1. The lowest BCUT2D eigenvalue weighted by atomic mass is 10.1. The van der Waals surface area contributed by atoms with Crippen molar-refractivity contribution in [3.05, 3.63) is 48.0 Å². The standard InChI is InChI=1S/C13H15N3O/c14-6-11-7-16(9-15-11)8-12-5-10-3-1-2-4-13(10)17-12/h1-4,7,9,12H,5-6,8,14H2. The van der Waals surface area contributed by atoms with E-state index < -0.39 is 0 Å². The van der Waals surface area contributed by atoms with Gasteiger partial charge < -0.3 is 15.0 Å². The minimum absolute atomic E-state index is 0.201. The van der Waals surface area contributed by atoms with Crippen LogP contribution in [0.1, 0.15) is 11.3 Å². The summed E-state index contributed by atoms with van der Waals surface area (Å²) in [7, 11) is 0. The molecule has 2 N–H and O–H groups in total. The second-order valence-corrected chi connectivity index (χ2v) is 4.32. The summed E-state index contributed by atoms with van der Waals surface area (Å²) in [5, 5.41) is 0. The van der Waals surface area contributed by atoms with Crippen molar-refractivity contribution in [3.63, 3.8) is 0 Å². The Kier molecular flexibility index (Phi) is 2.57. The van der Waals surface area contributed by atoms with E-state index in [1.54, 1.807) is 0 Å². The Morgan fingerprint density at radius 3 is 3.06 bits per heavy atom. The maximum absolute atomic E-state index is 5.87. The van der Waals surface area contributed by atoms with Gasteiger partial charge in [-0.15, -0.1) is 0 Å². The normalized spacial score (nSPS) is 17.8. The average Bonchev–Trinajstić information content (AvgIpc) is 2.94.